The molecule has 94 valence electrons. The summed E-state index contributed by atoms with van der Waals surface area (Å²) in [6.45, 7) is 3.96. The second-order valence-electron chi connectivity index (χ2n) is 4.59. The maximum absolute atomic E-state index is 11.9. The van der Waals surface area contributed by atoms with Crippen LogP contribution in [0.25, 0.3) is 0 Å². The third kappa shape index (κ3) is 3.66. The molecule has 3 nitrogen and oxygen atoms in total. The molecule has 0 aliphatic heterocycles. The molecule has 0 saturated heterocycles. The lowest BCUT2D eigenvalue weighted by Gasteiger charge is -2.20. The van der Waals surface area contributed by atoms with Crippen LogP contribution in [0.1, 0.15) is 13.8 Å². The maximum atomic E-state index is 11.9. The van der Waals surface area contributed by atoms with Gasteiger partial charge in [-0.3, -0.25) is 4.79 Å². The highest BCUT2D eigenvalue weighted by Gasteiger charge is 2.18. The molecule has 0 heterocycles. The van der Waals surface area contributed by atoms with Crippen molar-refractivity contribution in [2.24, 2.45) is 5.92 Å². The van der Waals surface area contributed by atoms with E-state index in [4.69, 9.17) is 0 Å². The molecule has 0 saturated carbocycles. The van der Waals surface area contributed by atoms with Crippen LogP contribution in [0.5, 0.6) is 0 Å². The summed E-state index contributed by atoms with van der Waals surface area (Å²) >= 11 is 4.31. The van der Waals surface area contributed by atoms with E-state index in [0.717, 1.165) is 11.4 Å². The van der Waals surface area contributed by atoms with Crippen molar-refractivity contribution in [3.63, 3.8) is 0 Å². The number of thiol groups is 1. The number of hydrogen-bond donors (Lipinski definition) is 2. The van der Waals surface area contributed by atoms with Crippen LogP contribution < -0.4 is 10.2 Å². The van der Waals surface area contributed by atoms with E-state index in [-0.39, 0.29) is 17.1 Å². The molecule has 0 spiro atoms. The number of carbonyl (C=O) groups is 1. The van der Waals surface area contributed by atoms with Gasteiger partial charge < -0.3 is 10.2 Å². The van der Waals surface area contributed by atoms with Crippen molar-refractivity contribution in [2.45, 2.75) is 19.1 Å². The van der Waals surface area contributed by atoms with Gasteiger partial charge in [0.2, 0.25) is 5.91 Å². The Hall–Kier alpha value is -1.16. The van der Waals surface area contributed by atoms with Crippen molar-refractivity contribution in [2.75, 3.05) is 24.3 Å². The van der Waals surface area contributed by atoms with E-state index in [0.29, 0.717) is 0 Å². The highest BCUT2D eigenvalue weighted by atomic mass is 32.1. The number of carbonyl (C=O) groups excluding carboxylic acids is 1. The molecule has 1 N–H and O–H groups in total. The van der Waals surface area contributed by atoms with Gasteiger partial charge in [0, 0.05) is 14.1 Å². The normalized spacial score (nSPS) is 12.4. The number of nitrogens with zero attached hydrogens (tertiary/aromatic N) is 1. The minimum atomic E-state index is -0.287. The monoisotopic (exact) mass is 252 g/mol. The molecule has 0 bridgehead atoms. The molecule has 0 aliphatic rings. The predicted octanol–water partition coefficient (Wildman–Crippen LogP) is 2.65. The summed E-state index contributed by atoms with van der Waals surface area (Å²) in [5.41, 5.74) is 1.81. The zero-order chi connectivity index (χ0) is 13.0. The molecule has 1 amide bonds. The van der Waals surface area contributed by atoms with Gasteiger partial charge in [0.05, 0.1) is 16.6 Å². The number of para-hydroxylation sites is 2. The molecule has 17 heavy (non-hydrogen) atoms. The Balaban J connectivity index is 2.85. The zero-order valence-electron chi connectivity index (χ0n) is 10.8. The van der Waals surface area contributed by atoms with Crippen LogP contribution in [0.3, 0.4) is 0 Å². The second-order valence-corrected chi connectivity index (χ2v) is 5.15. The van der Waals surface area contributed by atoms with Gasteiger partial charge in [-0.1, -0.05) is 26.0 Å². The summed E-state index contributed by atoms with van der Waals surface area (Å²) in [5.74, 6) is 0.155. The van der Waals surface area contributed by atoms with Crippen LogP contribution >= 0.6 is 12.6 Å². The van der Waals surface area contributed by atoms with E-state index in [9.17, 15) is 4.79 Å². The number of rotatable bonds is 4. The summed E-state index contributed by atoms with van der Waals surface area (Å²) in [4.78, 5) is 13.9. The summed E-state index contributed by atoms with van der Waals surface area (Å²) < 4.78 is 0. The van der Waals surface area contributed by atoms with Crippen molar-refractivity contribution in [1.82, 2.24) is 0 Å². The van der Waals surface area contributed by atoms with Gasteiger partial charge in [-0.25, -0.2) is 0 Å². The zero-order valence-corrected chi connectivity index (χ0v) is 11.7. The summed E-state index contributed by atoms with van der Waals surface area (Å²) in [7, 11) is 3.90. The van der Waals surface area contributed by atoms with Crippen LogP contribution in [0.4, 0.5) is 11.4 Å². The third-order valence-electron chi connectivity index (χ3n) is 2.54. The van der Waals surface area contributed by atoms with Crippen LogP contribution in [-0.2, 0) is 4.79 Å². The average molecular weight is 252 g/mol. The predicted molar refractivity (Wildman–Crippen MR) is 77.0 cm³/mol. The van der Waals surface area contributed by atoms with E-state index in [2.05, 4.69) is 17.9 Å². The van der Waals surface area contributed by atoms with Crippen molar-refractivity contribution in [3.8, 4) is 0 Å². The van der Waals surface area contributed by atoms with E-state index >= 15 is 0 Å². The molecular formula is C13H20N2OS. The first-order valence-corrected chi connectivity index (χ1v) is 6.20. The Morgan fingerprint density at radius 1 is 1.29 bits per heavy atom. The van der Waals surface area contributed by atoms with Gasteiger partial charge in [0.15, 0.2) is 0 Å². The van der Waals surface area contributed by atoms with Gasteiger partial charge in [0.1, 0.15) is 0 Å². The number of nitrogens with one attached hydrogen (secondary N) is 1. The fourth-order valence-electron chi connectivity index (χ4n) is 1.48. The van der Waals surface area contributed by atoms with Gasteiger partial charge in [-0.2, -0.15) is 12.6 Å². The van der Waals surface area contributed by atoms with Crippen LogP contribution in [0.15, 0.2) is 24.3 Å². The minimum Gasteiger partial charge on any atom is -0.376 e. The maximum Gasteiger partial charge on any atom is 0.237 e. The van der Waals surface area contributed by atoms with E-state index in [1.165, 1.54) is 0 Å². The SMILES string of the molecule is CC(C)C(S)C(=O)Nc1ccccc1N(C)C. The topological polar surface area (TPSA) is 32.3 Å². The van der Waals surface area contributed by atoms with Gasteiger partial charge >= 0.3 is 0 Å². The third-order valence-corrected chi connectivity index (χ3v) is 3.37. The first-order chi connectivity index (χ1) is 7.93. The van der Waals surface area contributed by atoms with Crippen molar-refractivity contribution in [1.29, 1.82) is 0 Å². The summed E-state index contributed by atoms with van der Waals surface area (Å²) in [5, 5.41) is 2.63. The molecule has 0 aliphatic carbocycles. The van der Waals surface area contributed by atoms with Gasteiger partial charge in [-0.15, -0.1) is 0 Å². The van der Waals surface area contributed by atoms with Gasteiger partial charge in [-0.05, 0) is 18.1 Å². The van der Waals surface area contributed by atoms with E-state index < -0.39 is 0 Å². The van der Waals surface area contributed by atoms with Crippen LogP contribution in [0, 0.1) is 5.92 Å². The second kappa shape index (κ2) is 5.96. The van der Waals surface area contributed by atoms with Gasteiger partial charge in [0.25, 0.3) is 0 Å². The average Bonchev–Trinajstić information content (AvgIpc) is 2.28. The fraction of sp³-hybridized carbons (Fsp3) is 0.462. The number of hydrogen-bond acceptors (Lipinski definition) is 3. The number of benzene rings is 1. The lowest BCUT2D eigenvalue weighted by atomic mass is 10.1. The minimum absolute atomic E-state index is 0.0577. The van der Waals surface area contributed by atoms with Crippen molar-refractivity contribution < 1.29 is 4.79 Å². The molecule has 1 aromatic rings. The molecule has 1 rings (SSSR count). The van der Waals surface area contributed by atoms with Crippen molar-refractivity contribution in [3.05, 3.63) is 24.3 Å². The largest absolute Gasteiger partial charge is 0.376 e. The lowest BCUT2D eigenvalue weighted by Crippen LogP contribution is -2.28. The Morgan fingerprint density at radius 3 is 2.41 bits per heavy atom. The first kappa shape index (κ1) is 13.9. The van der Waals surface area contributed by atoms with Crippen LogP contribution in [0.2, 0.25) is 0 Å². The number of anilines is 2. The molecule has 0 aromatic heterocycles. The molecule has 1 unspecified atom stereocenters. The quantitative estimate of drug-likeness (QED) is 0.807. The Labute approximate surface area is 109 Å². The molecule has 1 aromatic carbocycles. The Kier molecular flexibility index (Phi) is 4.87. The molecule has 0 fully saturated rings. The molecule has 1 atom stereocenters. The summed E-state index contributed by atoms with van der Waals surface area (Å²) in [6.07, 6.45) is 0. The standard InChI is InChI=1S/C13H20N2OS/c1-9(2)12(17)13(16)14-10-7-5-6-8-11(10)15(3)4/h5-9,12,17H,1-4H3,(H,14,16). The highest BCUT2D eigenvalue weighted by Crippen LogP contribution is 2.24. The lowest BCUT2D eigenvalue weighted by molar-refractivity contribution is -0.116. The first-order valence-electron chi connectivity index (χ1n) is 5.68. The molecule has 4 heteroatoms. The van der Waals surface area contributed by atoms with Crippen LogP contribution in [-0.4, -0.2) is 25.3 Å². The summed E-state index contributed by atoms with van der Waals surface area (Å²) in [6, 6.07) is 7.73. The molecular weight excluding hydrogens is 232 g/mol. The van der Waals surface area contributed by atoms with E-state index in [1.54, 1.807) is 0 Å². The molecule has 0 radical (unpaired) electrons. The number of amides is 1. The fourth-order valence-corrected chi connectivity index (χ4v) is 1.54. The van der Waals surface area contributed by atoms with Crippen molar-refractivity contribution >= 4 is 29.9 Å². The Bertz CT molecular complexity index is 391. The highest BCUT2D eigenvalue weighted by molar-refractivity contribution is 7.81. The Morgan fingerprint density at radius 2 is 1.88 bits per heavy atom. The van der Waals surface area contributed by atoms with E-state index in [1.807, 2.05) is 57.1 Å². The smallest absolute Gasteiger partial charge is 0.237 e.